The highest BCUT2D eigenvalue weighted by molar-refractivity contribution is 7.09. The molecular weight excluding hydrogens is 398 g/mol. The van der Waals surface area contributed by atoms with Crippen LogP contribution < -0.4 is 10.6 Å². The molecule has 0 aromatic carbocycles. The van der Waals surface area contributed by atoms with E-state index in [1.807, 2.05) is 12.1 Å². The average Bonchev–Trinajstić information content (AvgIpc) is 3.40. The van der Waals surface area contributed by atoms with Crippen molar-refractivity contribution in [1.82, 2.24) is 25.4 Å². The van der Waals surface area contributed by atoms with Gasteiger partial charge >= 0.3 is 0 Å². The lowest BCUT2D eigenvalue weighted by molar-refractivity contribution is -0.126. The minimum absolute atomic E-state index is 0.0325. The molecule has 30 heavy (non-hydrogen) atoms. The second kappa shape index (κ2) is 9.68. The Labute approximate surface area is 181 Å². The van der Waals surface area contributed by atoms with E-state index < -0.39 is 0 Å². The van der Waals surface area contributed by atoms with E-state index >= 15 is 0 Å². The Morgan fingerprint density at radius 2 is 2.27 bits per heavy atom. The van der Waals surface area contributed by atoms with Gasteiger partial charge in [0.2, 0.25) is 11.8 Å². The monoisotopic (exact) mass is 427 g/mol. The van der Waals surface area contributed by atoms with Crippen LogP contribution in [0.5, 0.6) is 0 Å². The molecule has 160 valence electrons. The summed E-state index contributed by atoms with van der Waals surface area (Å²) in [5, 5.41) is 8.17. The highest BCUT2D eigenvalue weighted by atomic mass is 32.1. The normalized spacial score (nSPS) is 24.8. The quantitative estimate of drug-likeness (QED) is 0.702. The van der Waals surface area contributed by atoms with Crippen LogP contribution >= 0.6 is 11.3 Å². The van der Waals surface area contributed by atoms with Crippen molar-refractivity contribution in [2.45, 2.75) is 50.5 Å². The summed E-state index contributed by atoms with van der Waals surface area (Å²) < 4.78 is 0. The minimum atomic E-state index is -0.124. The second-order valence-corrected chi connectivity index (χ2v) is 9.12. The van der Waals surface area contributed by atoms with Crippen molar-refractivity contribution in [2.24, 2.45) is 0 Å². The van der Waals surface area contributed by atoms with Gasteiger partial charge in [-0.1, -0.05) is 12.1 Å². The number of nitrogens with one attached hydrogen (secondary N) is 2. The Hall–Kier alpha value is -2.29. The Kier molecular flexibility index (Phi) is 6.76. The molecule has 4 rings (SSSR count). The molecule has 0 radical (unpaired) electrons. The van der Waals surface area contributed by atoms with Crippen molar-refractivity contribution < 1.29 is 9.59 Å². The number of nitrogens with zero attached hydrogens (tertiary/aromatic N) is 3. The molecule has 2 amide bonds. The maximum Gasteiger partial charge on any atom is 0.239 e. The van der Waals surface area contributed by atoms with Crippen LogP contribution in [0.15, 0.2) is 42.0 Å². The molecule has 2 N–H and O–H groups in total. The minimum Gasteiger partial charge on any atom is -0.353 e. The number of pyridine rings is 1. The molecule has 2 aliphatic heterocycles. The number of likely N-dealkylation sites (N-methyl/N-ethyl adjacent to an activating group) is 1. The number of hydrogen-bond donors (Lipinski definition) is 2. The number of thiophene rings is 1. The predicted octanol–water partition coefficient (Wildman–Crippen LogP) is 1.61. The number of likely N-dealkylation sites (tertiary alicyclic amines) is 1. The molecule has 2 aromatic rings. The van der Waals surface area contributed by atoms with Crippen molar-refractivity contribution in [3.05, 3.63) is 52.5 Å². The lowest BCUT2D eigenvalue weighted by atomic mass is 10.0. The zero-order valence-electron chi connectivity index (χ0n) is 17.3. The lowest BCUT2D eigenvalue weighted by Gasteiger charge is -2.33. The Bertz CT molecular complexity index is 844. The van der Waals surface area contributed by atoms with Gasteiger partial charge in [-0.05, 0) is 43.0 Å². The Morgan fingerprint density at radius 1 is 1.37 bits per heavy atom. The zero-order chi connectivity index (χ0) is 20.9. The molecule has 4 heterocycles. The first-order valence-electron chi connectivity index (χ1n) is 10.5. The van der Waals surface area contributed by atoms with Crippen LogP contribution in [0.4, 0.5) is 0 Å². The summed E-state index contributed by atoms with van der Waals surface area (Å²) in [6.45, 7) is 2.82. The van der Waals surface area contributed by atoms with Crippen LogP contribution in [0.2, 0.25) is 0 Å². The van der Waals surface area contributed by atoms with Gasteiger partial charge < -0.3 is 10.6 Å². The van der Waals surface area contributed by atoms with Crippen LogP contribution in [-0.4, -0.2) is 64.9 Å². The van der Waals surface area contributed by atoms with E-state index in [9.17, 15) is 9.59 Å². The molecule has 7 nitrogen and oxygen atoms in total. The molecule has 8 heteroatoms. The van der Waals surface area contributed by atoms with E-state index in [1.165, 1.54) is 4.88 Å². The van der Waals surface area contributed by atoms with Crippen LogP contribution in [0.25, 0.3) is 0 Å². The first-order chi connectivity index (χ1) is 14.6. The van der Waals surface area contributed by atoms with E-state index in [2.05, 4.69) is 50.0 Å². The largest absolute Gasteiger partial charge is 0.353 e. The molecule has 0 aliphatic carbocycles. The molecule has 2 aromatic heterocycles. The number of carbonyl (C=O) groups is 2. The van der Waals surface area contributed by atoms with Crippen molar-refractivity contribution in [3.8, 4) is 0 Å². The van der Waals surface area contributed by atoms with Crippen molar-refractivity contribution in [3.63, 3.8) is 0 Å². The SMILES string of the molecule is CN1C(CCC(=O)NCc2cccnc2)CNC(=O)C2C1CCN2Cc1cccs1. The summed E-state index contributed by atoms with van der Waals surface area (Å²) in [5.41, 5.74) is 0.990. The first-order valence-corrected chi connectivity index (χ1v) is 11.4. The van der Waals surface area contributed by atoms with Gasteiger partial charge in [-0.3, -0.25) is 24.4 Å². The van der Waals surface area contributed by atoms with Gasteiger partial charge in [-0.25, -0.2) is 0 Å². The molecule has 2 aliphatic rings. The van der Waals surface area contributed by atoms with E-state index in [-0.39, 0.29) is 29.9 Å². The van der Waals surface area contributed by atoms with Crippen molar-refractivity contribution in [2.75, 3.05) is 20.1 Å². The smallest absolute Gasteiger partial charge is 0.239 e. The molecule has 0 spiro atoms. The number of amides is 2. The summed E-state index contributed by atoms with van der Waals surface area (Å²) in [6.07, 6.45) is 5.63. The lowest BCUT2D eigenvalue weighted by Crippen LogP contribution is -2.49. The fourth-order valence-electron chi connectivity index (χ4n) is 4.52. The maximum absolute atomic E-state index is 12.9. The van der Waals surface area contributed by atoms with Gasteiger partial charge in [-0.2, -0.15) is 0 Å². The Morgan fingerprint density at radius 3 is 3.03 bits per heavy atom. The Balaban J connectivity index is 1.31. The maximum atomic E-state index is 12.9. The summed E-state index contributed by atoms with van der Waals surface area (Å²) in [4.78, 5) is 35.2. The van der Waals surface area contributed by atoms with Gasteiger partial charge in [0.25, 0.3) is 0 Å². The van der Waals surface area contributed by atoms with E-state index in [0.29, 0.717) is 19.5 Å². The highest BCUT2D eigenvalue weighted by Gasteiger charge is 2.44. The number of rotatable bonds is 7. The van der Waals surface area contributed by atoms with Crippen LogP contribution in [-0.2, 0) is 22.7 Å². The van der Waals surface area contributed by atoms with Crippen LogP contribution in [0, 0.1) is 0 Å². The van der Waals surface area contributed by atoms with E-state index in [4.69, 9.17) is 0 Å². The predicted molar refractivity (Wildman–Crippen MR) is 117 cm³/mol. The highest BCUT2D eigenvalue weighted by Crippen LogP contribution is 2.29. The van der Waals surface area contributed by atoms with Crippen LogP contribution in [0.3, 0.4) is 0 Å². The average molecular weight is 428 g/mol. The number of aromatic nitrogens is 1. The molecular formula is C22H29N5O2S. The molecule has 3 atom stereocenters. The van der Waals surface area contributed by atoms with Crippen molar-refractivity contribution >= 4 is 23.2 Å². The molecule has 0 saturated carbocycles. The molecule has 0 bridgehead atoms. The fourth-order valence-corrected chi connectivity index (χ4v) is 5.25. The van der Waals surface area contributed by atoms with E-state index in [0.717, 1.165) is 31.5 Å². The third-order valence-corrected chi connectivity index (χ3v) is 7.07. The van der Waals surface area contributed by atoms with Crippen molar-refractivity contribution in [1.29, 1.82) is 0 Å². The molecule has 2 saturated heterocycles. The topological polar surface area (TPSA) is 77.6 Å². The van der Waals surface area contributed by atoms with Gasteiger partial charge in [0.05, 0.1) is 0 Å². The summed E-state index contributed by atoms with van der Waals surface area (Å²) >= 11 is 1.74. The fraction of sp³-hybridized carbons (Fsp3) is 0.500. The van der Waals surface area contributed by atoms with E-state index in [1.54, 1.807) is 23.7 Å². The first kappa shape index (κ1) is 21.0. The number of carbonyl (C=O) groups excluding carboxylic acids is 2. The summed E-state index contributed by atoms with van der Waals surface area (Å²) in [5.74, 6) is 0.148. The number of fused-ring (bicyclic) bond motifs is 1. The van der Waals surface area contributed by atoms with Gasteiger partial charge in [0.15, 0.2) is 0 Å². The number of hydrogen-bond acceptors (Lipinski definition) is 6. The van der Waals surface area contributed by atoms with Gasteiger partial charge in [0.1, 0.15) is 6.04 Å². The van der Waals surface area contributed by atoms with Gasteiger partial charge in [-0.15, -0.1) is 11.3 Å². The zero-order valence-corrected chi connectivity index (χ0v) is 18.1. The standard InChI is InChI=1S/C22H29N5O2S/c1-26-17(6-7-20(28)24-13-16-4-2-9-23-12-16)14-25-22(29)21-19(26)8-10-27(21)15-18-5-3-11-30-18/h2-5,9,11-12,17,19,21H,6-8,10,13-15H2,1H3,(H,24,28)(H,25,29). The van der Waals surface area contributed by atoms with Gasteiger partial charge in [0, 0.05) is 62.0 Å². The third kappa shape index (κ3) is 4.88. The molecule has 2 fully saturated rings. The summed E-state index contributed by atoms with van der Waals surface area (Å²) in [7, 11) is 2.10. The third-order valence-electron chi connectivity index (χ3n) is 6.21. The summed E-state index contributed by atoms with van der Waals surface area (Å²) in [6, 6.07) is 8.23. The van der Waals surface area contributed by atoms with Crippen LogP contribution in [0.1, 0.15) is 29.7 Å². The molecule has 3 unspecified atom stereocenters. The second-order valence-electron chi connectivity index (χ2n) is 8.09.